The molecule has 0 bridgehead atoms. The van der Waals surface area contributed by atoms with Gasteiger partial charge in [-0.3, -0.25) is 0 Å². The van der Waals surface area contributed by atoms with E-state index in [0.717, 1.165) is 0 Å². The Kier molecular flexibility index (Phi) is 4.34. The molecule has 0 aromatic heterocycles. The van der Waals surface area contributed by atoms with Gasteiger partial charge in [-0.1, -0.05) is 11.6 Å². The molecule has 1 atom stereocenters. The van der Waals surface area contributed by atoms with Crippen LogP contribution in [0.2, 0.25) is 5.02 Å². The summed E-state index contributed by atoms with van der Waals surface area (Å²) >= 11 is 5.68. The highest BCUT2D eigenvalue weighted by atomic mass is 35.5. The second-order valence-corrected chi connectivity index (χ2v) is 3.27. The minimum absolute atomic E-state index is 0.112. The van der Waals surface area contributed by atoms with Crippen molar-refractivity contribution in [1.82, 2.24) is 0 Å². The van der Waals surface area contributed by atoms with Crippen LogP contribution in [0, 0.1) is 16.5 Å². The molecule has 0 radical (unpaired) electrons. The van der Waals surface area contributed by atoms with Crippen LogP contribution in [-0.4, -0.2) is 11.8 Å². The van der Waals surface area contributed by atoms with Crippen LogP contribution in [0.15, 0.2) is 18.2 Å². The molecule has 0 aliphatic heterocycles. The zero-order valence-corrected chi connectivity index (χ0v) is 8.58. The SMILES string of the molecule is N#CCCNc1ccc(Cl)cc1[NH+]([O-])O. The quantitative estimate of drug-likeness (QED) is 0.531. The number of halogens is 1. The van der Waals surface area contributed by atoms with E-state index in [9.17, 15) is 5.21 Å². The molecule has 0 saturated heterocycles. The van der Waals surface area contributed by atoms with Crippen molar-refractivity contribution in [2.24, 2.45) is 0 Å². The normalized spacial score (nSPS) is 11.9. The number of rotatable bonds is 4. The molecule has 6 heteroatoms. The van der Waals surface area contributed by atoms with Crippen molar-refractivity contribution in [2.75, 3.05) is 11.9 Å². The highest BCUT2D eigenvalue weighted by molar-refractivity contribution is 6.30. The lowest BCUT2D eigenvalue weighted by Crippen LogP contribution is -2.99. The smallest absolute Gasteiger partial charge is 0.188 e. The largest absolute Gasteiger partial charge is 0.595 e. The molecule has 80 valence electrons. The van der Waals surface area contributed by atoms with Gasteiger partial charge in [-0.2, -0.15) is 10.5 Å². The molecule has 5 nitrogen and oxygen atoms in total. The van der Waals surface area contributed by atoms with E-state index in [4.69, 9.17) is 22.1 Å². The van der Waals surface area contributed by atoms with E-state index in [1.807, 2.05) is 6.07 Å². The van der Waals surface area contributed by atoms with Gasteiger partial charge in [0.15, 0.2) is 5.69 Å². The van der Waals surface area contributed by atoms with Crippen molar-refractivity contribution in [3.8, 4) is 6.07 Å². The standard InChI is InChI=1S/C9H10ClN3O2/c10-7-2-3-8(12-5-1-4-11)9(6-7)13(14)15/h2-3,6,12-14H,1,5H2. The fraction of sp³-hybridized carbons (Fsp3) is 0.222. The fourth-order valence-corrected chi connectivity index (χ4v) is 1.27. The van der Waals surface area contributed by atoms with Crippen molar-refractivity contribution in [2.45, 2.75) is 6.42 Å². The van der Waals surface area contributed by atoms with Crippen LogP contribution in [0.3, 0.4) is 0 Å². The molecule has 0 saturated carbocycles. The van der Waals surface area contributed by atoms with Gasteiger partial charge in [0.1, 0.15) is 0 Å². The van der Waals surface area contributed by atoms with E-state index in [0.29, 0.717) is 23.7 Å². The van der Waals surface area contributed by atoms with Crippen LogP contribution in [0.5, 0.6) is 0 Å². The van der Waals surface area contributed by atoms with E-state index in [1.54, 1.807) is 12.1 Å². The third-order valence-corrected chi connectivity index (χ3v) is 2.00. The van der Waals surface area contributed by atoms with Gasteiger partial charge in [-0.05, 0) is 12.1 Å². The maximum absolute atomic E-state index is 10.8. The van der Waals surface area contributed by atoms with Gasteiger partial charge in [0, 0.05) is 17.6 Å². The molecule has 1 aromatic carbocycles. The number of quaternary nitrogens is 1. The average molecular weight is 228 g/mol. The Morgan fingerprint density at radius 2 is 2.33 bits per heavy atom. The molecule has 15 heavy (non-hydrogen) atoms. The van der Waals surface area contributed by atoms with Crippen LogP contribution in [0.1, 0.15) is 6.42 Å². The maximum atomic E-state index is 10.8. The van der Waals surface area contributed by atoms with Crippen molar-refractivity contribution in [3.63, 3.8) is 0 Å². The summed E-state index contributed by atoms with van der Waals surface area (Å²) in [6.07, 6.45) is 0.321. The Morgan fingerprint density at radius 3 is 2.93 bits per heavy atom. The van der Waals surface area contributed by atoms with Gasteiger partial charge in [-0.25, -0.2) is 5.21 Å². The molecule has 3 N–H and O–H groups in total. The fourth-order valence-electron chi connectivity index (χ4n) is 1.10. The average Bonchev–Trinajstić information content (AvgIpc) is 2.20. The van der Waals surface area contributed by atoms with Crippen LogP contribution in [0.25, 0.3) is 0 Å². The van der Waals surface area contributed by atoms with Crippen molar-refractivity contribution in [3.05, 3.63) is 28.4 Å². The van der Waals surface area contributed by atoms with Crippen molar-refractivity contribution in [1.29, 1.82) is 5.26 Å². The van der Waals surface area contributed by atoms with Crippen LogP contribution < -0.4 is 10.5 Å². The second kappa shape index (κ2) is 5.53. The molecule has 0 amide bonds. The monoisotopic (exact) mass is 227 g/mol. The first-order valence-corrected chi connectivity index (χ1v) is 4.66. The molecule has 0 aliphatic carbocycles. The van der Waals surface area contributed by atoms with Gasteiger partial charge in [-0.15, -0.1) is 0 Å². The van der Waals surface area contributed by atoms with Gasteiger partial charge >= 0.3 is 0 Å². The molecule has 0 aliphatic rings. The highest BCUT2D eigenvalue weighted by Crippen LogP contribution is 2.22. The Hall–Kier alpha value is -1.32. The molecule has 1 rings (SSSR count). The topological polar surface area (TPSA) is 83.5 Å². The zero-order valence-electron chi connectivity index (χ0n) is 7.83. The number of hydrogen-bond donors (Lipinski definition) is 3. The first kappa shape index (κ1) is 11.8. The van der Waals surface area contributed by atoms with Gasteiger partial charge in [0.25, 0.3) is 0 Å². The van der Waals surface area contributed by atoms with Gasteiger partial charge in [0.2, 0.25) is 0 Å². The first-order valence-electron chi connectivity index (χ1n) is 4.29. The third-order valence-electron chi connectivity index (χ3n) is 1.76. The number of nitrogens with zero attached hydrogens (tertiary/aromatic N) is 1. The second-order valence-electron chi connectivity index (χ2n) is 2.83. The minimum Gasteiger partial charge on any atom is -0.595 e. The summed E-state index contributed by atoms with van der Waals surface area (Å²) in [7, 11) is 0. The van der Waals surface area contributed by atoms with E-state index < -0.39 is 5.23 Å². The third kappa shape index (κ3) is 3.38. The Morgan fingerprint density at radius 1 is 1.60 bits per heavy atom. The van der Waals surface area contributed by atoms with Crippen LogP contribution in [-0.2, 0) is 0 Å². The summed E-state index contributed by atoms with van der Waals surface area (Å²) in [6.45, 7) is 0.415. The number of nitriles is 1. The molecule has 0 spiro atoms. The van der Waals surface area contributed by atoms with Crippen molar-refractivity contribution >= 4 is 23.0 Å². The Bertz CT molecular complexity index is 376. The molecule has 1 aromatic rings. The number of hydrogen-bond acceptors (Lipinski definition) is 4. The van der Waals surface area contributed by atoms with Gasteiger partial charge < -0.3 is 10.5 Å². The van der Waals surface area contributed by atoms with E-state index >= 15 is 0 Å². The lowest BCUT2D eigenvalue weighted by Gasteiger charge is -2.16. The summed E-state index contributed by atoms with van der Waals surface area (Å²) in [5, 5.41) is 30.3. The van der Waals surface area contributed by atoms with Crippen LogP contribution in [0.4, 0.5) is 11.4 Å². The van der Waals surface area contributed by atoms with E-state index in [-0.39, 0.29) is 5.69 Å². The highest BCUT2D eigenvalue weighted by Gasteiger charge is 2.08. The molecule has 0 heterocycles. The zero-order chi connectivity index (χ0) is 11.3. The molecular formula is C9H10ClN3O2. The number of benzene rings is 1. The Labute approximate surface area is 92.0 Å². The summed E-state index contributed by atoms with van der Waals surface area (Å²) in [6, 6.07) is 6.52. The summed E-state index contributed by atoms with van der Waals surface area (Å²) in [5.74, 6) is 0. The summed E-state index contributed by atoms with van der Waals surface area (Å²) in [5.41, 5.74) is 0.586. The maximum Gasteiger partial charge on any atom is 0.188 e. The lowest BCUT2D eigenvalue weighted by atomic mass is 10.2. The van der Waals surface area contributed by atoms with Crippen molar-refractivity contribution < 1.29 is 10.4 Å². The summed E-state index contributed by atoms with van der Waals surface area (Å²) in [4.78, 5) is 0. The van der Waals surface area contributed by atoms with E-state index in [1.165, 1.54) is 6.07 Å². The predicted octanol–water partition coefficient (Wildman–Crippen LogP) is 1.07. The Balaban J connectivity index is 2.82. The molecule has 1 unspecified atom stereocenters. The van der Waals surface area contributed by atoms with E-state index in [2.05, 4.69) is 5.32 Å². The first-order chi connectivity index (χ1) is 7.15. The molecule has 0 fully saturated rings. The van der Waals surface area contributed by atoms with Gasteiger partial charge in [0.05, 0.1) is 18.2 Å². The lowest BCUT2D eigenvalue weighted by molar-refractivity contribution is -0.990. The predicted molar refractivity (Wildman–Crippen MR) is 55.9 cm³/mol. The number of anilines is 1. The summed E-state index contributed by atoms with van der Waals surface area (Å²) < 4.78 is 0. The number of nitrogens with one attached hydrogen (secondary N) is 2. The molecular weight excluding hydrogens is 218 g/mol. The van der Waals surface area contributed by atoms with Crippen LogP contribution >= 0.6 is 11.6 Å². The minimum atomic E-state index is -1.04.